The molecule has 1 aliphatic heterocycles. The molecule has 1 amide bonds. The molecule has 0 aliphatic carbocycles. The van der Waals surface area contributed by atoms with Crippen molar-refractivity contribution in [2.75, 3.05) is 0 Å². The van der Waals surface area contributed by atoms with Gasteiger partial charge in [-0.25, -0.2) is 0 Å². The quantitative estimate of drug-likeness (QED) is 0.719. The van der Waals surface area contributed by atoms with Gasteiger partial charge in [-0.05, 0) is 23.6 Å². The lowest BCUT2D eigenvalue weighted by molar-refractivity contribution is -0.124. The Balaban J connectivity index is 1.70. The lowest BCUT2D eigenvalue weighted by Crippen LogP contribution is -2.53. The average Bonchev–Trinajstić information content (AvgIpc) is 3.22. The van der Waals surface area contributed by atoms with E-state index in [2.05, 4.69) is 15.6 Å². The first-order chi connectivity index (χ1) is 13.7. The van der Waals surface area contributed by atoms with E-state index in [9.17, 15) is 4.79 Å². The van der Waals surface area contributed by atoms with Crippen LogP contribution < -0.4 is 10.6 Å². The van der Waals surface area contributed by atoms with Crippen LogP contribution in [0.2, 0.25) is 0 Å². The molecule has 0 saturated carbocycles. The number of aliphatic imine (C=N–C) groups is 1. The van der Waals surface area contributed by atoms with Gasteiger partial charge >= 0.3 is 0 Å². The Morgan fingerprint density at radius 3 is 1.93 bits per heavy atom. The topological polar surface area (TPSA) is 53.5 Å². The molecule has 0 fully saturated rings. The lowest BCUT2D eigenvalue weighted by Gasteiger charge is -2.35. The Hall–Kier alpha value is -3.40. The molecule has 0 spiro atoms. The highest BCUT2D eigenvalue weighted by atomic mass is 16.2. The second-order valence-electron chi connectivity index (χ2n) is 7.01. The molecule has 4 nitrogen and oxygen atoms in total. The van der Waals surface area contributed by atoms with Crippen LogP contribution in [0.25, 0.3) is 0 Å². The maximum atomic E-state index is 13.3. The SMILES string of the molecule is CC(NC(=O)C1N=CNC1(c1ccccc1)c1ccccc1)c1ccccc1. The van der Waals surface area contributed by atoms with E-state index in [0.717, 1.165) is 16.7 Å². The Morgan fingerprint density at radius 1 is 0.893 bits per heavy atom. The number of nitrogens with zero attached hydrogens (tertiary/aromatic N) is 1. The molecular weight excluding hydrogens is 346 g/mol. The van der Waals surface area contributed by atoms with E-state index in [1.54, 1.807) is 6.34 Å². The van der Waals surface area contributed by atoms with Crippen molar-refractivity contribution >= 4 is 12.2 Å². The molecule has 28 heavy (non-hydrogen) atoms. The summed E-state index contributed by atoms with van der Waals surface area (Å²) in [4.78, 5) is 17.9. The fourth-order valence-electron chi connectivity index (χ4n) is 3.84. The largest absolute Gasteiger partial charge is 0.361 e. The van der Waals surface area contributed by atoms with Crippen molar-refractivity contribution in [3.05, 3.63) is 108 Å². The number of benzene rings is 3. The van der Waals surface area contributed by atoms with Crippen LogP contribution in [0, 0.1) is 0 Å². The first-order valence-electron chi connectivity index (χ1n) is 9.47. The van der Waals surface area contributed by atoms with Crippen LogP contribution in [-0.4, -0.2) is 18.3 Å². The van der Waals surface area contributed by atoms with Gasteiger partial charge in [0.15, 0.2) is 6.04 Å². The van der Waals surface area contributed by atoms with Gasteiger partial charge < -0.3 is 10.6 Å². The fourth-order valence-corrected chi connectivity index (χ4v) is 3.84. The van der Waals surface area contributed by atoms with Crippen LogP contribution >= 0.6 is 0 Å². The molecule has 1 heterocycles. The minimum absolute atomic E-state index is 0.103. The summed E-state index contributed by atoms with van der Waals surface area (Å²) in [6.07, 6.45) is 1.65. The summed E-state index contributed by atoms with van der Waals surface area (Å²) in [6.45, 7) is 1.99. The van der Waals surface area contributed by atoms with Crippen molar-refractivity contribution < 1.29 is 4.79 Å². The normalized spacial score (nSPS) is 18.2. The molecule has 4 rings (SSSR count). The van der Waals surface area contributed by atoms with Crippen LogP contribution in [0.3, 0.4) is 0 Å². The van der Waals surface area contributed by atoms with Crippen LogP contribution in [0.1, 0.15) is 29.7 Å². The van der Waals surface area contributed by atoms with E-state index in [1.807, 2.05) is 97.9 Å². The summed E-state index contributed by atoms with van der Waals surface area (Å²) in [7, 11) is 0. The third-order valence-corrected chi connectivity index (χ3v) is 5.29. The minimum Gasteiger partial charge on any atom is -0.361 e. The van der Waals surface area contributed by atoms with E-state index >= 15 is 0 Å². The highest BCUT2D eigenvalue weighted by Gasteiger charge is 2.48. The highest BCUT2D eigenvalue weighted by Crippen LogP contribution is 2.37. The van der Waals surface area contributed by atoms with Gasteiger partial charge in [0.25, 0.3) is 0 Å². The number of hydrogen-bond donors (Lipinski definition) is 2. The second kappa shape index (κ2) is 7.69. The van der Waals surface area contributed by atoms with Gasteiger partial charge in [0.05, 0.1) is 12.4 Å². The standard InChI is InChI=1S/C24H23N3O/c1-18(19-11-5-2-6-12-19)27-23(28)22-24(26-17-25-22,20-13-7-3-8-14-20)21-15-9-4-10-16-21/h2-18,22H,1H3,(H,25,26)(H,27,28). The van der Waals surface area contributed by atoms with Gasteiger partial charge in [-0.2, -0.15) is 0 Å². The molecule has 0 bridgehead atoms. The second-order valence-corrected chi connectivity index (χ2v) is 7.01. The van der Waals surface area contributed by atoms with Gasteiger partial charge in [-0.15, -0.1) is 0 Å². The maximum Gasteiger partial charge on any atom is 0.248 e. The van der Waals surface area contributed by atoms with Gasteiger partial charge in [0, 0.05) is 0 Å². The zero-order chi connectivity index (χ0) is 19.4. The van der Waals surface area contributed by atoms with E-state index in [0.29, 0.717) is 0 Å². The van der Waals surface area contributed by atoms with Crippen molar-refractivity contribution in [3.63, 3.8) is 0 Å². The zero-order valence-electron chi connectivity index (χ0n) is 15.7. The molecule has 2 N–H and O–H groups in total. The molecule has 4 heteroatoms. The number of carbonyl (C=O) groups excluding carboxylic acids is 1. The molecule has 140 valence electrons. The molecule has 1 aliphatic rings. The number of amides is 1. The van der Waals surface area contributed by atoms with Crippen LogP contribution in [-0.2, 0) is 10.3 Å². The lowest BCUT2D eigenvalue weighted by atomic mass is 9.77. The van der Waals surface area contributed by atoms with Crippen molar-refractivity contribution in [1.29, 1.82) is 0 Å². The fraction of sp³-hybridized carbons (Fsp3) is 0.167. The van der Waals surface area contributed by atoms with Crippen LogP contribution in [0.4, 0.5) is 0 Å². The van der Waals surface area contributed by atoms with Crippen LogP contribution in [0.5, 0.6) is 0 Å². The number of hydrogen-bond acceptors (Lipinski definition) is 3. The van der Waals surface area contributed by atoms with Crippen LogP contribution in [0.15, 0.2) is 96.0 Å². The van der Waals surface area contributed by atoms with E-state index in [4.69, 9.17) is 0 Å². The predicted octanol–water partition coefficient (Wildman–Crippen LogP) is 3.81. The first kappa shape index (κ1) is 18.0. The van der Waals surface area contributed by atoms with Gasteiger partial charge in [0.2, 0.25) is 5.91 Å². The Bertz CT molecular complexity index is 915. The molecule has 0 aromatic heterocycles. The Kier molecular flexibility index (Phi) is 4.94. The smallest absolute Gasteiger partial charge is 0.248 e. The third-order valence-electron chi connectivity index (χ3n) is 5.29. The molecule has 0 saturated heterocycles. The predicted molar refractivity (Wildman–Crippen MR) is 112 cm³/mol. The van der Waals surface area contributed by atoms with Crippen molar-refractivity contribution in [3.8, 4) is 0 Å². The number of nitrogens with one attached hydrogen (secondary N) is 2. The van der Waals surface area contributed by atoms with Crippen molar-refractivity contribution in [1.82, 2.24) is 10.6 Å². The van der Waals surface area contributed by atoms with E-state index in [-0.39, 0.29) is 11.9 Å². The maximum absolute atomic E-state index is 13.3. The van der Waals surface area contributed by atoms with Gasteiger partial charge in [0.1, 0.15) is 5.54 Å². The number of rotatable bonds is 5. The molecule has 2 atom stereocenters. The van der Waals surface area contributed by atoms with Crippen molar-refractivity contribution in [2.24, 2.45) is 4.99 Å². The molecule has 3 aromatic rings. The first-order valence-corrected chi connectivity index (χ1v) is 9.47. The zero-order valence-corrected chi connectivity index (χ0v) is 15.7. The summed E-state index contributed by atoms with van der Waals surface area (Å²) < 4.78 is 0. The summed E-state index contributed by atoms with van der Waals surface area (Å²) >= 11 is 0. The summed E-state index contributed by atoms with van der Waals surface area (Å²) in [6, 6.07) is 29.3. The Morgan fingerprint density at radius 2 is 1.39 bits per heavy atom. The Labute approximate surface area is 165 Å². The summed E-state index contributed by atoms with van der Waals surface area (Å²) in [5.41, 5.74) is 2.34. The minimum atomic E-state index is -0.733. The average molecular weight is 369 g/mol. The summed E-state index contributed by atoms with van der Waals surface area (Å²) in [5, 5.41) is 6.53. The van der Waals surface area contributed by atoms with Crippen molar-refractivity contribution in [2.45, 2.75) is 24.5 Å². The molecule has 3 aromatic carbocycles. The van der Waals surface area contributed by atoms with E-state index < -0.39 is 11.6 Å². The number of carbonyl (C=O) groups is 1. The monoisotopic (exact) mass is 369 g/mol. The summed E-state index contributed by atoms with van der Waals surface area (Å²) in [5.74, 6) is -0.106. The molecule has 2 unspecified atom stereocenters. The van der Waals surface area contributed by atoms with Gasteiger partial charge in [-0.3, -0.25) is 9.79 Å². The molecule has 0 radical (unpaired) electrons. The van der Waals surface area contributed by atoms with E-state index in [1.165, 1.54) is 0 Å². The third kappa shape index (κ3) is 3.18. The van der Waals surface area contributed by atoms with Gasteiger partial charge in [-0.1, -0.05) is 91.0 Å². The highest BCUT2D eigenvalue weighted by molar-refractivity contribution is 5.89. The molecular formula is C24H23N3O.